The summed E-state index contributed by atoms with van der Waals surface area (Å²) in [4.78, 5) is 12.0. The van der Waals surface area contributed by atoms with Gasteiger partial charge in [0, 0.05) is 11.0 Å². The van der Waals surface area contributed by atoms with Crippen molar-refractivity contribution >= 4 is 27.5 Å². The Bertz CT molecular complexity index is 478. The van der Waals surface area contributed by atoms with E-state index in [4.69, 9.17) is 15.2 Å². The first kappa shape index (κ1) is 14.2. The lowest BCUT2D eigenvalue weighted by molar-refractivity contribution is -0.0855. The second-order valence-electron chi connectivity index (χ2n) is 4.13. The monoisotopic (exact) mass is 332 g/mol. The predicted molar refractivity (Wildman–Crippen MR) is 71.4 cm³/mol. The van der Waals surface area contributed by atoms with Crippen LogP contribution in [0.15, 0.2) is 16.6 Å². The van der Waals surface area contributed by atoms with E-state index in [1.807, 2.05) is 0 Å². The molecule has 0 spiro atoms. The summed E-state index contributed by atoms with van der Waals surface area (Å²) in [5.41, 5.74) is 5.67. The molecule has 1 aromatic rings. The van der Waals surface area contributed by atoms with Gasteiger partial charge in [0.1, 0.15) is 5.82 Å². The van der Waals surface area contributed by atoms with Gasteiger partial charge in [-0.25, -0.2) is 4.39 Å². The summed E-state index contributed by atoms with van der Waals surface area (Å²) in [5, 5.41) is 2.70. The van der Waals surface area contributed by atoms with Crippen molar-refractivity contribution in [2.24, 2.45) is 0 Å². The minimum absolute atomic E-state index is 0.0643. The predicted octanol–water partition coefficient (Wildman–Crippen LogP) is 1.32. The van der Waals surface area contributed by atoms with Crippen molar-refractivity contribution in [3.8, 4) is 0 Å². The van der Waals surface area contributed by atoms with Gasteiger partial charge in [-0.2, -0.15) is 0 Å². The molecule has 1 unspecified atom stereocenters. The molecule has 0 bridgehead atoms. The van der Waals surface area contributed by atoms with Gasteiger partial charge in [-0.3, -0.25) is 4.79 Å². The van der Waals surface area contributed by atoms with E-state index in [0.29, 0.717) is 30.8 Å². The Labute approximate surface area is 118 Å². The van der Waals surface area contributed by atoms with Crippen LogP contribution in [0.5, 0.6) is 0 Å². The minimum Gasteiger partial charge on any atom is -0.396 e. The number of hydrogen-bond donors (Lipinski definition) is 2. The van der Waals surface area contributed by atoms with Crippen LogP contribution in [-0.4, -0.2) is 38.4 Å². The third-order valence-corrected chi connectivity index (χ3v) is 3.36. The van der Waals surface area contributed by atoms with Gasteiger partial charge in [-0.1, -0.05) is 0 Å². The molecule has 5 nitrogen and oxygen atoms in total. The molecular weight excluding hydrogens is 319 g/mol. The van der Waals surface area contributed by atoms with Crippen molar-refractivity contribution in [2.45, 2.75) is 6.10 Å². The molecule has 1 atom stereocenters. The number of amides is 1. The summed E-state index contributed by atoms with van der Waals surface area (Å²) in [6, 6.07) is 2.47. The highest BCUT2D eigenvalue weighted by molar-refractivity contribution is 9.10. The number of nitrogens with two attached hydrogens (primary N) is 1. The molecule has 1 aliphatic heterocycles. The summed E-state index contributed by atoms with van der Waals surface area (Å²) in [6.45, 7) is 1.88. The quantitative estimate of drug-likeness (QED) is 0.818. The summed E-state index contributed by atoms with van der Waals surface area (Å²) in [6.07, 6.45) is -0.158. The highest BCUT2D eigenvalue weighted by Crippen LogP contribution is 2.22. The summed E-state index contributed by atoms with van der Waals surface area (Å²) >= 11 is 3.14. The summed E-state index contributed by atoms with van der Waals surface area (Å²) < 4.78 is 24.2. The van der Waals surface area contributed by atoms with Crippen molar-refractivity contribution in [3.05, 3.63) is 28.0 Å². The van der Waals surface area contributed by atoms with E-state index in [9.17, 15) is 9.18 Å². The van der Waals surface area contributed by atoms with Gasteiger partial charge in [0.05, 0.1) is 37.2 Å². The van der Waals surface area contributed by atoms with E-state index in [-0.39, 0.29) is 23.3 Å². The number of rotatable bonds is 3. The lowest BCUT2D eigenvalue weighted by Crippen LogP contribution is -2.39. The van der Waals surface area contributed by atoms with Crippen LogP contribution in [-0.2, 0) is 9.47 Å². The average Bonchev–Trinajstić information content (AvgIpc) is 2.41. The number of nitrogen functional groups attached to an aromatic ring is 1. The first-order valence-corrected chi connectivity index (χ1v) is 6.59. The molecule has 2 rings (SSSR count). The molecule has 0 aromatic heterocycles. The number of halogens is 2. The number of anilines is 1. The van der Waals surface area contributed by atoms with Crippen LogP contribution in [0, 0.1) is 5.82 Å². The molecule has 1 fully saturated rings. The third-order valence-electron chi connectivity index (χ3n) is 2.71. The molecule has 104 valence electrons. The standard InChI is InChI=1S/C12H14BrFN2O3/c13-9-4-10(14)11(15)3-8(9)12(17)16-5-7-6-18-1-2-19-7/h3-4,7H,1-2,5-6,15H2,(H,16,17). The van der Waals surface area contributed by atoms with E-state index < -0.39 is 5.82 Å². The van der Waals surface area contributed by atoms with Crippen molar-refractivity contribution in [3.63, 3.8) is 0 Å². The van der Waals surface area contributed by atoms with Crippen molar-refractivity contribution in [2.75, 3.05) is 32.1 Å². The molecule has 1 saturated heterocycles. The number of ether oxygens (including phenoxy) is 2. The van der Waals surface area contributed by atoms with Gasteiger partial charge < -0.3 is 20.5 Å². The zero-order chi connectivity index (χ0) is 13.8. The lowest BCUT2D eigenvalue weighted by atomic mass is 10.2. The maximum atomic E-state index is 13.2. The Balaban J connectivity index is 1.97. The Morgan fingerprint density at radius 3 is 3.00 bits per heavy atom. The highest BCUT2D eigenvalue weighted by atomic mass is 79.9. The van der Waals surface area contributed by atoms with E-state index in [1.165, 1.54) is 12.1 Å². The molecule has 0 saturated carbocycles. The van der Waals surface area contributed by atoms with E-state index in [2.05, 4.69) is 21.2 Å². The largest absolute Gasteiger partial charge is 0.396 e. The van der Waals surface area contributed by atoms with E-state index in [0.717, 1.165) is 0 Å². The van der Waals surface area contributed by atoms with Crippen LogP contribution in [0.4, 0.5) is 10.1 Å². The zero-order valence-electron chi connectivity index (χ0n) is 10.1. The number of carbonyl (C=O) groups excluding carboxylic acids is 1. The molecule has 1 aromatic carbocycles. The lowest BCUT2D eigenvalue weighted by Gasteiger charge is -2.23. The average molecular weight is 333 g/mol. The molecular formula is C12H14BrFN2O3. The van der Waals surface area contributed by atoms with Crippen LogP contribution in [0.25, 0.3) is 0 Å². The smallest absolute Gasteiger partial charge is 0.252 e. The fourth-order valence-corrected chi connectivity index (χ4v) is 2.19. The topological polar surface area (TPSA) is 73.6 Å². The van der Waals surface area contributed by atoms with Gasteiger partial charge in [0.25, 0.3) is 5.91 Å². The SMILES string of the molecule is Nc1cc(C(=O)NCC2COCCO2)c(Br)cc1F. The van der Waals surface area contributed by atoms with Crippen molar-refractivity contribution in [1.29, 1.82) is 0 Å². The van der Waals surface area contributed by atoms with Crippen LogP contribution >= 0.6 is 15.9 Å². The van der Waals surface area contributed by atoms with Crippen molar-refractivity contribution in [1.82, 2.24) is 5.32 Å². The molecule has 0 aliphatic carbocycles. The van der Waals surface area contributed by atoms with Crippen LogP contribution in [0.3, 0.4) is 0 Å². The molecule has 1 heterocycles. The maximum Gasteiger partial charge on any atom is 0.252 e. The highest BCUT2D eigenvalue weighted by Gasteiger charge is 2.17. The van der Waals surface area contributed by atoms with Crippen LogP contribution in [0.2, 0.25) is 0 Å². The van der Waals surface area contributed by atoms with Crippen molar-refractivity contribution < 1.29 is 18.7 Å². The molecule has 7 heteroatoms. The number of nitrogens with one attached hydrogen (secondary N) is 1. The molecule has 19 heavy (non-hydrogen) atoms. The van der Waals surface area contributed by atoms with Gasteiger partial charge >= 0.3 is 0 Å². The second kappa shape index (κ2) is 6.31. The molecule has 1 amide bonds. The van der Waals surface area contributed by atoms with E-state index >= 15 is 0 Å². The molecule has 3 N–H and O–H groups in total. The summed E-state index contributed by atoms with van der Waals surface area (Å²) in [7, 11) is 0. The number of hydrogen-bond acceptors (Lipinski definition) is 4. The fourth-order valence-electron chi connectivity index (χ4n) is 1.70. The maximum absolute atomic E-state index is 13.2. The van der Waals surface area contributed by atoms with Gasteiger partial charge in [0.15, 0.2) is 0 Å². The van der Waals surface area contributed by atoms with Crippen LogP contribution < -0.4 is 11.1 Å². The van der Waals surface area contributed by atoms with Gasteiger partial charge in [-0.15, -0.1) is 0 Å². The number of benzene rings is 1. The minimum atomic E-state index is -0.563. The number of carbonyl (C=O) groups is 1. The Hall–Kier alpha value is -1.18. The first-order valence-electron chi connectivity index (χ1n) is 5.80. The van der Waals surface area contributed by atoms with Gasteiger partial charge in [-0.05, 0) is 28.1 Å². The fraction of sp³-hybridized carbons (Fsp3) is 0.417. The first-order chi connectivity index (χ1) is 9.08. The van der Waals surface area contributed by atoms with E-state index in [1.54, 1.807) is 0 Å². The Morgan fingerprint density at radius 2 is 2.32 bits per heavy atom. The summed E-state index contributed by atoms with van der Waals surface area (Å²) in [5.74, 6) is -0.903. The normalized spacial score (nSPS) is 19.2. The van der Waals surface area contributed by atoms with Crippen LogP contribution in [0.1, 0.15) is 10.4 Å². The third kappa shape index (κ3) is 3.65. The second-order valence-corrected chi connectivity index (χ2v) is 4.99. The molecule has 0 radical (unpaired) electrons. The molecule has 1 aliphatic rings. The van der Waals surface area contributed by atoms with Gasteiger partial charge in [0.2, 0.25) is 0 Å². The Morgan fingerprint density at radius 1 is 1.53 bits per heavy atom. The zero-order valence-corrected chi connectivity index (χ0v) is 11.7. The Kier molecular flexibility index (Phi) is 4.73.